The Morgan fingerprint density at radius 2 is 2.10 bits per heavy atom. The van der Waals surface area contributed by atoms with Crippen LogP contribution in [-0.4, -0.2) is 25.0 Å². The van der Waals surface area contributed by atoms with Crippen molar-refractivity contribution in [3.8, 4) is 0 Å². The number of benzene rings is 1. The van der Waals surface area contributed by atoms with Gasteiger partial charge in [0.1, 0.15) is 5.82 Å². The minimum Gasteiger partial charge on any atom is -0.370 e. The fraction of sp³-hybridized carbons (Fsp3) is 0.533. The van der Waals surface area contributed by atoms with Gasteiger partial charge in [-0.3, -0.25) is 4.79 Å². The molecule has 0 heterocycles. The lowest BCUT2D eigenvalue weighted by Gasteiger charge is -2.24. The first-order chi connectivity index (χ1) is 9.35. The number of nitrogens with two attached hydrogens (primary N) is 1. The Morgan fingerprint density at radius 1 is 1.45 bits per heavy atom. The van der Waals surface area contributed by atoms with Gasteiger partial charge in [-0.1, -0.05) is 6.92 Å². The summed E-state index contributed by atoms with van der Waals surface area (Å²) in [5.74, 6) is -0.539. The zero-order valence-electron chi connectivity index (χ0n) is 12.6. The maximum atomic E-state index is 14.0. The fourth-order valence-electron chi connectivity index (χ4n) is 1.74. The molecule has 0 saturated carbocycles. The number of anilines is 2. The van der Waals surface area contributed by atoms with E-state index < -0.39 is 0 Å². The molecular formula is C15H24FN3O. The van der Waals surface area contributed by atoms with Crippen LogP contribution in [0.25, 0.3) is 0 Å². The Hall–Kier alpha value is -1.62. The van der Waals surface area contributed by atoms with Gasteiger partial charge < -0.3 is 16.0 Å². The van der Waals surface area contributed by atoms with E-state index in [1.165, 1.54) is 6.07 Å². The van der Waals surface area contributed by atoms with E-state index in [1.54, 1.807) is 12.1 Å². The van der Waals surface area contributed by atoms with Crippen molar-refractivity contribution in [2.45, 2.75) is 45.7 Å². The van der Waals surface area contributed by atoms with Crippen LogP contribution in [-0.2, 0) is 4.79 Å². The lowest BCUT2D eigenvalue weighted by molar-refractivity contribution is -0.116. The summed E-state index contributed by atoms with van der Waals surface area (Å²) < 4.78 is 14.0. The van der Waals surface area contributed by atoms with Crippen molar-refractivity contribution in [1.82, 2.24) is 0 Å². The third-order valence-corrected chi connectivity index (χ3v) is 3.36. The first kappa shape index (κ1) is 16.4. The Labute approximate surface area is 120 Å². The topological polar surface area (TPSA) is 58.4 Å². The summed E-state index contributed by atoms with van der Waals surface area (Å²) in [5, 5.41) is 2.67. The number of hydrogen-bond donors (Lipinski definition) is 2. The maximum Gasteiger partial charge on any atom is 0.225 e. The summed E-state index contributed by atoms with van der Waals surface area (Å²) in [5.41, 5.74) is 6.69. The van der Waals surface area contributed by atoms with Crippen molar-refractivity contribution < 1.29 is 9.18 Å². The number of halogens is 1. The summed E-state index contributed by atoms with van der Waals surface area (Å²) in [6.45, 7) is 5.90. The lowest BCUT2D eigenvalue weighted by Crippen LogP contribution is -2.27. The van der Waals surface area contributed by atoms with Crippen molar-refractivity contribution in [3.05, 3.63) is 24.0 Å². The van der Waals surface area contributed by atoms with Crippen LogP contribution in [0.5, 0.6) is 0 Å². The molecule has 0 aromatic heterocycles. The van der Waals surface area contributed by atoms with E-state index in [-0.39, 0.29) is 30.2 Å². The molecule has 1 amide bonds. The second kappa shape index (κ2) is 7.24. The normalized spacial score (nSPS) is 12.3. The average Bonchev–Trinajstić information content (AvgIpc) is 2.37. The molecule has 0 aliphatic carbocycles. The molecule has 0 saturated heterocycles. The summed E-state index contributed by atoms with van der Waals surface area (Å²) in [6.07, 6.45) is 0.978. The van der Waals surface area contributed by atoms with Crippen LogP contribution >= 0.6 is 0 Å². The molecule has 1 atom stereocenters. The third-order valence-electron chi connectivity index (χ3n) is 3.36. The number of nitrogens with one attached hydrogen (secondary N) is 1. The molecule has 1 rings (SSSR count). The number of carbonyl (C=O) groups excluding carboxylic acids is 1. The molecule has 1 aromatic carbocycles. The second-order valence-electron chi connectivity index (χ2n) is 5.29. The molecule has 4 nitrogen and oxygen atoms in total. The van der Waals surface area contributed by atoms with Crippen molar-refractivity contribution in [2.24, 2.45) is 5.73 Å². The molecule has 20 heavy (non-hydrogen) atoms. The van der Waals surface area contributed by atoms with Crippen LogP contribution in [0, 0.1) is 5.82 Å². The van der Waals surface area contributed by atoms with Crippen molar-refractivity contribution in [2.75, 3.05) is 17.3 Å². The SMILES string of the molecule is CCC(N)CC(=O)Nc1ccc(N(C)C(C)C)c(F)c1. The van der Waals surface area contributed by atoms with Gasteiger partial charge >= 0.3 is 0 Å². The van der Waals surface area contributed by atoms with Gasteiger partial charge in [-0.15, -0.1) is 0 Å². The predicted octanol–water partition coefficient (Wildman–Crippen LogP) is 2.74. The van der Waals surface area contributed by atoms with Crippen LogP contribution in [0.3, 0.4) is 0 Å². The van der Waals surface area contributed by atoms with Gasteiger partial charge in [-0.25, -0.2) is 4.39 Å². The summed E-state index contributed by atoms with van der Waals surface area (Å²) in [6, 6.07) is 4.75. The Morgan fingerprint density at radius 3 is 2.60 bits per heavy atom. The fourth-order valence-corrected chi connectivity index (χ4v) is 1.74. The molecular weight excluding hydrogens is 257 g/mol. The monoisotopic (exact) mass is 281 g/mol. The Kier molecular flexibility index (Phi) is 5.95. The molecule has 3 N–H and O–H groups in total. The van der Waals surface area contributed by atoms with Crippen molar-refractivity contribution >= 4 is 17.3 Å². The Bertz CT molecular complexity index is 462. The summed E-state index contributed by atoms with van der Waals surface area (Å²) in [4.78, 5) is 13.5. The molecule has 112 valence electrons. The quantitative estimate of drug-likeness (QED) is 0.843. The van der Waals surface area contributed by atoms with E-state index in [0.29, 0.717) is 11.4 Å². The zero-order chi connectivity index (χ0) is 15.3. The van der Waals surface area contributed by atoms with Crippen molar-refractivity contribution in [3.63, 3.8) is 0 Å². The number of nitrogens with zero attached hydrogens (tertiary/aromatic N) is 1. The van der Waals surface area contributed by atoms with Gasteiger partial charge in [-0.2, -0.15) is 0 Å². The van der Waals surface area contributed by atoms with Crippen LogP contribution in [0.1, 0.15) is 33.6 Å². The largest absolute Gasteiger partial charge is 0.370 e. The minimum atomic E-state index is -0.348. The van der Waals surface area contributed by atoms with Gasteiger partial charge in [-0.05, 0) is 38.5 Å². The van der Waals surface area contributed by atoms with E-state index in [2.05, 4.69) is 5.32 Å². The third kappa shape index (κ3) is 4.49. The van der Waals surface area contributed by atoms with Gasteiger partial charge in [0.25, 0.3) is 0 Å². The van der Waals surface area contributed by atoms with Gasteiger partial charge in [0.15, 0.2) is 0 Å². The highest BCUT2D eigenvalue weighted by Gasteiger charge is 2.13. The molecule has 0 aliphatic heterocycles. The average molecular weight is 281 g/mol. The smallest absolute Gasteiger partial charge is 0.225 e. The van der Waals surface area contributed by atoms with Crippen LogP contribution in [0.2, 0.25) is 0 Å². The van der Waals surface area contributed by atoms with Gasteiger partial charge in [0, 0.05) is 31.2 Å². The van der Waals surface area contributed by atoms with Gasteiger partial charge in [0.2, 0.25) is 5.91 Å². The van der Waals surface area contributed by atoms with E-state index in [9.17, 15) is 9.18 Å². The molecule has 1 unspecified atom stereocenters. The molecule has 0 bridgehead atoms. The molecule has 5 heteroatoms. The first-order valence-electron chi connectivity index (χ1n) is 6.93. The predicted molar refractivity (Wildman–Crippen MR) is 81.5 cm³/mol. The number of rotatable bonds is 6. The van der Waals surface area contributed by atoms with E-state index in [0.717, 1.165) is 6.42 Å². The molecule has 0 fully saturated rings. The van der Waals surface area contributed by atoms with E-state index in [1.807, 2.05) is 32.7 Å². The lowest BCUT2D eigenvalue weighted by atomic mass is 10.1. The highest BCUT2D eigenvalue weighted by atomic mass is 19.1. The Balaban J connectivity index is 2.75. The van der Waals surface area contributed by atoms with Crippen LogP contribution in [0.4, 0.5) is 15.8 Å². The highest BCUT2D eigenvalue weighted by molar-refractivity contribution is 5.91. The summed E-state index contributed by atoms with van der Waals surface area (Å²) in [7, 11) is 1.83. The second-order valence-corrected chi connectivity index (χ2v) is 5.29. The molecule has 1 aromatic rings. The van der Waals surface area contributed by atoms with Crippen LogP contribution in [0.15, 0.2) is 18.2 Å². The molecule has 0 radical (unpaired) electrons. The zero-order valence-corrected chi connectivity index (χ0v) is 12.6. The summed E-state index contributed by atoms with van der Waals surface area (Å²) >= 11 is 0. The van der Waals surface area contributed by atoms with E-state index in [4.69, 9.17) is 5.73 Å². The standard InChI is InChI=1S/C15H24FN3O/c1-5-11(17)8-15(20)18-12-6-7-14(13(16)9-12)19(4)10(2)3/h6-7,9-11H,5,8,17H2,1-4H3,(H,18,20). The first-order valence-corrected chi connectivity index (χ1v) is 6.93. The minimum absolute atomic E-state index is 0.161. The van der Waals surface area contributed by atoms with Crippen LogP contribution < -0.4 is 16.0 Å². The van der Waals surface area contributed by atoms with Crippen molar-refractivity contribution in [1.29, 1.82) is 0 Å². The van der Waals surface area contributed by atoms with E-state index >= 15 is 0 Å². The highest BCUT2D eigenvalue weighted by Crippen LogP contribution is 2.23. The molecule has 0 aliphatic rings. The maximum absolute atomic E-state index is 14.0. The number of carbonyl (C=O) groups is 1. The molecule has 0 spiro atoms. The van der Waals surface area contributed by atoms with Gasteiger partial charge in [0.05, 0.1) is 5.69 Å². The number of hydrogen-bond acceptors (Lipinski definition) is 3. The number of amides is 1.